The number of nitrogens with two attached hydrogens (primary N) is 1. The number of rotatable bonds is 2. The summed E-state index contributed by atoms with van der Waals surface area (Å²) in [6.45, 7) is 3.15. The van der Waals surface area contributed by atoms with Gasteiger partial charge in [-0.1, -0.05) is 5.92 Å². The standard InChI is InChI=1S/C18H18N4O3/c19-17(23)2-1-12-10-25-16-8-20-14(7-13(12)16)18(24)21-15-9-22-5-3-11(15)4-6-22/h7-8,10-11,15H,3-6,9H2,(H2,19,23)(H,21,24). The van der Waals surface area contributed by atoms with Gasteiger partial charge in [-0.25, -0.2) is 4.98 Å². The summed E-state index contributed by atoms with van der Waals surface area (Å²) in [5, 5.41) is 3.75. The normalized spacial score (nSPS) is 24.6. The monoisotopic (exact) mass is 338 g/mol. The zero-order valence-corrected chi connectivity index (χ0v) is 13.6. The zero-order valence-electron chi connectivity index (χ0n) is 13.6. The molecular formula is C18H18N4O3. The van der Waals surface area contributed by atoms with Gasteiger partial charge in [-0.3, -0.25) is 9.59 Å². The van der Waals surface area contributed by atoms with E-state index < -0.39 is 5.91 Å². The van der Waals surface area contributed by atoms with E-state index in [2.05, 4.69) is 27.0 Å². The van der Waals surface area contributed by atoms with Gasteiger partial charge in [0, 0.05) is 23.9 Å². The summed E-state index contributed by atoms with van der Waals surface area (Å²) < 4.78 is 5.35. The van der Waals surface area contributed by atoms with Crippen LogP contribution in [-0.2, 0) is 4.79 Å². The van der Waals surface area contributed by atoms with Crippen molar-refractivity contribution in [2.75, 3.05) is 19.6 Å². The molecule has 0 aromatic carbocycles. The Balaban J connectivity index is 1.56. The Morgan fingerprint density at radius 1 is 1.36 bits per heavy atom. The van der Waals surface area contributed by atoms with Gasteiger partial charge in [-0.2, -0.15) is 0 Å². The molecule has 3 fully saturated rings. The van der Waals surface area contributed by atoms with Gasteiger partial charge in [-0.15, -0.1) is 0 Å². The highest BCUT2D eigenvalue weighted by Gasteiger charge is 2.35. The number of primary amides is 1. The molecule has 5 heterocycles. The van der Waals surface area contributed by atoms with E-state index in [1.54, 1.807) is 6.07 Å². The van der Waals surface area contributed by atoms with Crippen LogP contribution in [0.4, 0.5) is 0 Å². The van der Waals surface area contributed by atoms with E-state index in [0.717, 1.165) is 32.5 Å². The number of carbonyl (C=O) groups is 2. The summed E-state index contributed by atoms with van der Waals surface area (Å²) >= 11 is 0. The predicted octanol–water partition coefficient (Wildman–Crippen LogP) is 0.489. The van der Waals surface area contributed by atoms with E-state index in [1.807, 2.05) is 0 Å². The van der Waals surface area contributed by atoms with Crippen LogP contribution < -0.4 is 11.1 Å². The van der Waals surface area contributed by atoms with Crippen molar-refractivity contribution in [1.82, 2.24) is 15.2 Å². The van der Waals surface area contributed by atoms with E-state index in [9.17, 15) is 9.59 Å². The maximum Gasteiger partial charge on any atom is 0.293 e. The molecule has 7 nitrogen and oxygen atoms in total. The number of piperidine rings is 3. The average molecular weight is 338 g/mol. The van der Waals surface area contributed by atoms with Crippen LogP contribution in [0, 0.1) is 17.8 Å². The van der Waals surface area contributed by atoms with Gasteiger partial charge in [0.15, 0.2) is 5.58 Å². The molecule has 0 radical (unpaired) electrons. The van der Waals surface area contributed by atoms with Crippen LogP contribution in [0.25, 0.3) is 11.0 Å². The number of pyridine rings is 1. The van der Waals surface area contributed by atoms with Gasteiger partial charge in [-0.05, 0) is 37.9 Å². The molecule has 3 saturated heterocycles. The number of aromatic nitrogens is 1. The molecule has 0 saturated carbocycles. The number of nitrogens with one attached hydrogen (secondary N) is 1. The molecule has 3 aliphatic rings. The van der Waals surface area contributed by atoms with Crippen LogP contribution >= 0.6 is 0 Å². The lowest BCUT2D eigenvalue weighted by Gasteiger charge is -2.44. The molecule has 2 bridgehead atoms. The molecule has 1 atom stereocenters. The van der Waals surface area contributed by atoms with Crippen molar-refractivity contribution in [1.29, 1.82) is 0 Å². The highest BCUT2D eigenvalue weighted by Crippen LogP contribution is 2.28. The van der Waals surface area contributed by atoms with Crippen LogP contribution in [0.1, 0.15) is 28.9 Å². The second-order valence-corrected chi connectivity index (χ2v) is 6.55. The fourth-order valence-corrected chi connectivity index (χ4v) is 3.65. The van der Waals surface area contributed by atoms with Crippen LogP contribution in [0.3, 0.4) is 0 Å². The Labute approximate surface area is 144 Å². The van der Waals surface area contributed by atoms with E-state index in [0.29, 0.717) is 28.1 Å². The van der Waals surface area contributed by atoms with Crippen molar-refractivity contribution in [3.63, 3.8) is 0 Å². The predicted molar refractivity (Wildman–Crippen MR) is 90.5 cm³/mol. The molecule has 128 valence electrons. The third kappa shape index (κ3) is 3.08. The first-order chi connectivity index (χ1) is 12.1. The first-order valence-electron chi connectivity index (χ1n) is 8.32. The first kappa shape index (κ1) is 15.7. The van der Waals surface area contributed by atoms with Crippen LogP contribution in [-0.4, -0.2) is 47.4 Å². The van der Waals surface area contributed by atoms with E-state index >= 15 is 0 Å². The molecule has 3 N–H and O–H groups in total. The summed E-state index contributed by atoms with van der Waals surface area (Å²) in [4.78, 5) is 30.0. The largest absolute Gasteiger partial charge is 0.461 e. The van der Waals surface area contributed by atoms with Gasteiger partial charge in [0.25, 0.3) is 11.8 Å². The topological polar surface area (TPSA) is 101 Å². The van der Waals surface area contributed by atoms with E-state index in [4.69, 9.17) is 10.2 Å². The summed E-state index contributed by atoms with van der Waals surface area (Å²) in [5.41, 5.74) is 6.37. The second-order valence-electron chi connectivity index (χ2n) is 6.55. The smallest absolute Gasteiger partial charge is 0.293 e. The highest BCUT2D eigenvalue weighted by molar-refractivity contribution is 5.98. The maximum absolute atomic E-state index is 12.6. The van der Waals surface area contributed by atoms with Crippen molar-refractivity contribution < 1.29 is 14.0 Å². The third-order valence-corrected chi connectivity index (χ3v) is 4.99. The lowest BCUT2D eigenvalue weighted by Crippen LogP contribution is -2.57. The van der Waals surface area contributed by atoms with Crippen LogP contribution in [0.2, 0.25) is 0 Å². The van der Waals surface area contributed by atoms with Crippen molar-refractivity contribution >= 4 is 22.8 Å². The summed E-state index contributed by atoms with van der Waals surface area (Å²) in [6, 6.07) is 1.81. The molecule has 2 aromatic heterocycles. The highest BCUT2D eigenvalue weighted by atomic mass is 16.3. The number of fused-ring (bicyclic) bond motifs is 4. The number of hydrogen-bond donors (Lipinski definition) is 2. The molecule has 7 heteroatoms. The molecule has 5 rings (SSSR count). The van der Waals surface area contributed by atoms with Crippen LogP contribution in [0.15, 0.2) is 22.9 Å². The molecule has 0 spiro atoms. The molecule has 1 unspecified atom stereocenters. The number of carbonyl (C=O) groups excluding carboxylic acids is 2. The quantitative estimate of drug-likeness (QED) is 0.776. The minimum absolute atomic E-state index is 0.172. The van der Waals surface area contributed by atoms with Gasteiger partial charge in [0.2, 0.25) is 0 Å². The van der Waals surface area contributed by atoms with Gasteiger partial charge in [0.05, 0.1) is 11.8 Å². The summed E-state index contributed by atoms with van der Waals surface area (Å²) in [5.74, 6) is 4.56. The number of furan rings is 1. The fourth-order valence-electron chi connectivity index (χ4n) is 3.65. The molecule has 2 aromatic rings. The minimum atomic E-state index is -0.719. The zero-order chi connectivity index (χ0) is 17.4. The Morgan fingerprint density at radius 2 is 2.16 bits per heavy atom. The lowest BCUT2D eigenvalue weighted by molar-refractivity contribution is -0.112. The molecule has 2 amide bonds. The van der Waals surface area contributed by atoms with Crippen molar-refractivity contribution in [3.8, 4) is 11.8 Å². The Morgan fingerprint density at radius 3 is 2.84 bits per heavy atom. The van der Waals surface area contributed by atoms with Crippen molar-refractivity contribution in [3.05, 3.63) is 29.8 Å². The summed E-state index contributed by atoms with van der Waals surface area (Å²) in [6.07, 6.45) is 5.19. The van der Waals surface area contributed by atoms with Crippen molar-refractivity contribution in [2.24, 2.45) is 11.7 Å². The SMILES string of the molecule is NC(=O)C#Cc1coc2cnc(C(=O)NC3CN4CCC3CC4)cc12. The molecule has 3 aliphatic heterocycles. The fraction of sp³-hybridized carbons (Fsp3) is 0.389. The van der Waals surface area contributed by atoms with Crippen LogP contribution in [0.5, 0.6) is 0 Å². The molecule has 25 heavy (non-hydrogen) atoms. The summed E-state index contributed by atoms with van der Waals surface area (Å²) in [7, 11) is 0. The number of nitrogens with zero attached hydrogens (tertiary/aromatic N) is 2. The van der Waals surface area contributed by atoms with E-state index in [-0.39, 0.29) is 11.9 Å². The lowest BCUT2D eigenvalue weighted by atomic mass is 9.84. The number of hydrogen-bond acceptors (Lipinski definition) is 5. The van der Waals surface area contributed by atoms with Crippen molar-refractivity contribution in [2.45, 2.75) is 18.9 Å². The first-order valence-corrected chi connectivity index (χ1v) is 8.32. The average Bonchev–Trinajstić information content (AvgIpc) is 3.03. The van der Waals surface area contributed by atoms with Gasteiger partial charge >= 0.3 is 0 Å². The molecular weight excluding hydrogens is 320 g/mol. The Hall–Kier alpha value is -2.85. The van der Waals surface area contributed by atoms with Gasteiger partial charge in [0.1, 0.15) is 12.0 Å². The Bertz CT molecular complexity index is 900. The molecule has 0 aliphatic carbocycles. The second kappa shape index (κ2) is 6.22. The van der Waals surface area contributed by atoms with E-state index in [1.165, 1.54) is 12.5 Å². The Kier molecular flexibility index (Phi) is 3.90. The minimum Gasteiger partial charge on any atom is -0.461 e. The van der Waals surface area contributed by atoms with Gasteiger partial charge < -0.3 is 20.4 Å². The third-order valence-electron chi connectivity index (χ3n) is 4.99. The number of amides is 2. The maximum atomic E-state index is 12.6.